The van der Waals surface area contributed by atoms with Gasteiger partial charge < -0.3 is 5.11 Å². The number of aliphatic hydroxyl groups is 1. The first-order valence-corrected chi connectivity index (χ1v) is 5.81. The molecule has 0 aromatic carbocycles. The minimum atomic E-state index is -0.303. The Morgan fingerprint density at radius 3 is 2.73 bits per heavy atom. The molecule has 0 amide bonds. The van der Waals surface area contributed by atoms with E-state index >= 15 is 0 Å². The van der Waals surface area contributed by atoms with E-state index in [0.717, 1.165) is 19.3 Å². The second-order valence-electron chi connectivity index (χ2n) is 5.69. The largest absolute Gasteiger partial charge is 0.392 e. The van der Waals surface area contributed by atoms with Crippen molar-refractivity contribution in [3.05, 3.63) is 11.6 Å². The van der Waals surface area contributed by atoms with Crippen molar-refractivity contribution in [2.45, 2.75) is 52.6 Å². The monoisotopic (exact) mass is 208 g/mol. The molecule has 1 saturated carbocycles. The molecule has 0 bridgehead atoms. The van der Waals surface area contributed by atoms with E-state index < -0.39 is 0 Å². The van der Waals surface area contributed by atoms with Gasteiger partial charge in [0.2, 0.25) is 0 Å². The standard InChI is InChI=1S/C13H20O2/c1-12(2)9-5-4-6-11(15)13(9,3)8-7-10(12)14/h5,10,14H,4,6-8H2,1-3H3/t10-,13+/m0/s1. The van der Waals surface area contributed by atoms with Crippen LogP contribution in [-0.2, 0) is 4.79 Å². The number of hydrogen-bond donors (Lipinski definition) is 1. The van der Waals surface area contributed by atoms with Crippen molar-refractivity contribution in [2.75, 3.05) is 0 Å². The summed E-state index contributed by atoms with van der Waals surface area (Å²) in [7, 11) is 0. The molecule has 2 nitrogen and oxygen atoms in total. The van der Waals surface area contributed by atoms with Gasteiger partial charge in [-0.25, -0.2) is 0 Å². The van der Waals surface area contributed by atoms with E-state index in [1.54, 1.807) is 0 Å². The highest BCUT2D eigenvalue weighted by Gasteiger charge is 2.50. The molecule has 1 fully saturated rings. The number of allylic oxidation sites excluding steroid dienone is 1. The number of carbonyl (C=O) groups excluding carboxylic acids is 1. The van der Waals surface area contributed by atoms with Gasteiger partial charge in [0, 0.05) is 17.3 Å². The van der Waals surface area contributed by atoms with E-state index in [9.17, 15) is 9.90 Å². The maximum absolute atomic E-state index is 12.0. The lowest BCUT2D eigenvalue weighted by Crippen LogP contribution is -2.48. The summed E-state index contributed by atoms with van der Waals surface area (Å²) in [6, 6.07) is 0. The summed E-state index contributed by atoms with van der Waals surface area (Å²) in [5, 5.41) is 10.0. The summed E-state index contributed by atoms with van der Waals surface area (Å²) >= 11 is 0. The van der Waals surface area contributed by atoms with Gasteiger partial charge in [-0.05, 0) is 26.2 Å². The number of hydrogen-bond acceptors (Lipinski definition) is 2. The smallest absolute Gasteiger partial charge is 0.143 e. The second kappa shape index (κ2) is 3.18. The van der Waals surface area contributed by atoms with E-state index in [2.05, 4.69) is 19.9 Å². The fraction of sp³-hybridized carbons (Fsp3) is 0.769. The fourth-order valence-corrected chi connectivity index (χ4v) is 3.21. The molecule has 0 aromatic rings. The second-order valence-corrected chi connectivity index (χ2v) is 5.69. The van der Waals surface area contributed by atoms with Crippen LogP contribution in [0.1, 0.15) is 46.5 Å². The third-order valence-electron chi connectivity index (χ3n) is 4.37. The minimum Gasteiger partial charge on any atom is -0.392 e. The number of Topliss-reactive ketones (excluding diaryl/α,β-unsaturated/α-hetero) is 1. The molecular formula is C13H20O2. The highest BCUT2D eigenvalue weighted by atomic mass is 16.3. The molecule has 1 N–H and O–H groups in total. The number of carbonyl (C=O) groups is 1. The molecule has 2 atom stereocenters. The van der Waals surface area contributed by atoms with Gasteiger partial charge in [0.1, 0.15) is 5.78 Å². The van der Waals surface area contributed by atoms with Gasteiger partial charge in [0.05, 0.1) is 6.10 Å². The van der Waals surface area contributed by atoms with Crippen molar-refractivity contribution in [1.29, 1.82) is 0 Å². The van der Waals surface area contributed by atoms with Crippen molar-refractivity contribution in [3.8, 4) is 0 Å². The third kappa shape index (κ3) is 1.38. The summed E-state index contributed by atoms with van der Waals surface area (Å²) in [4.78, 5) is 12.0. The van der Waals surface area contributed by atoms with Crippen molar-refractivity contribution in [2.24, 2.45) is 10.8 Å². The lowest BCUT2D eigenvalue weighted by Gasteiger charge is -2.49. The van der Waals surface area contributed by atoms with Crippen LogP contribution in [0, 0.1) is 10.8 Å². The first-order chi connectivity index (χ1) is 6.89. The van der Waals surface area contributed by atoms with Crippen LogP contribution in [0.2, 0.25) is 0 Å². The van der Waals surface area contributed by atoms with Gasteiger partial charge in [-0.2, -0.15) is 0 Å². The fourth-order valence-electron chi connectivity index (χ4n) is 3.21. The summed E-state index contributed by atoms with van der Waals surface area (Å²) in [5.74, 6) is 0.361. The van der Waals surface area contributed by atoms with E-state index in [0.29, 0.717) is 12.2 Å². The number of fused-ring (bicyclic) bond motifs is 1. The van der Waals surface area contributed by atoms with E-state index in [4.69, 9.17) is 0 Å². The summed E-state index contributed by atoms with van der Waals surface area (Å²) < 4.78 is 0. The predicted molar refractivity (Wildman–Crippen MR) is 59.5 cm³/mol. The third-order valence-corrected chi connectivity index (χ3v) is 4.37. The topological polar surface area (TPSA) is 37.3 Å². The summed E-state index contributed by atoms with van der Waals surface area (Å²) in [6.45, 7) is 6.16. The average Bonchev–Trinajstić information content (AvgIpc) is 2.16. The van der Waals surface area contributed by atoms with Crippen LogP contribution >= 0.6 is 0 Å². The maximum Gasteiger partial charge on any atom is 0.143 e. The van der Waals surface area contributed by atoms with Crippen LogP contribution in [0.25, 0.3) is 0 Å². The first kappa shape index (κ1) is 10.9. The highest BCUT2D eigenvalue weighted by molar-refractivity contribution is 5.89. The van der Waals surface area contributed by atoms with Crippen LogP contribution in [0.3, 0.4) is 0 Å². The SMILES string of the molecule is CC1(C)C2=CCCC(=O)[C@]2(C)CC[C@@H]1O. The maximum atomic E-state index is 12.0. The predicted octanol–water partition coefficient (Wildman–Crippen LogP) is 2.46. The van der Waals surface area contributed by atoms with Crippen LogP contribution < -0.4 is 0 Å². The molecule has 0 unspecified atom stereocenters. The van der Waals surface area contributed by atoms with Gasteiger partial charge in [-0.3, -0.25) is 4.79 Å². The van der Waals surface area contributed by atoms with Crippen LogP contribution in [-0.4, -0.2) is 17.0 Å². The lowest BCUT2D eigenvalue weighted by molar-refractivity contribution is -0.130. The van der Waals surface area contributed by atoms with E-state index in [1.807, 2.05) is 6.92 Å². The van der Waals surface area contributed by atoms with Gasteiger partial charge in [0.25, 0.3) is 0 Å². The van der Waals surface area contributed by atoms with Gasteiger partial charge in [0.15, 0.2) is 0 Å². The van der Waals surface area contributed by atoms with Crippen molar-refractivity contribution >= 4 is 5.78 Å². The molecule has 15 heavy (non-hydrogen) atoms. The van der Waals surface area contributed by atoms with Gasteiger partial charge in [-0.15, -0.1) is 0 Å². The molecule has 84 valence electrons. The molecule has 0 radical (unpaired) electrons. The van der Waals surface area contributed by atoms with Crippen molar-refractivity contribution in [3.63, 3.8) is 0 Å². The van der Waals surface area contributed by atoms with Crippen LogP contribution in [0.4, 0.5) is 0 Å². The van der Waals surface area contributed by atoms with Gasteiger partial charge in [-0.1, -0.05) is 25.5 Å². The quantitative estimate of drug-likeness (QED) is 0.621. The molecule has 0 saturated heterocycles. The van der Waals surface area contributed by atoms with Gasteiger partial charge >= 0.3 is 0 Å². The number of rotatable bonds is 0. The number of aliphatic hydroxyl groups excluding tert-OH is 1. The molecule has 2 aliphatic rings. The summed E-state index contributed by atoms with van der Waals surface area (Å²) in [6.07, 6.45) is 4.95. The van der Waals surface area contributed by atoms with Crippen LogP contribution in [0.15, 0.2) is 11.6 Å². The normalized spacial score (nSPS) is 39.6. The average molecular weight is 208 g/mol. The zero-order chi connectivity index (χ0) is 11.3. The Bertz CT molecular complexity index is 327. The zero-order valence-corrected chi connectivity index (χ0v) is 9.84. The van der Waals surface area contributed by atoms with Crippen molar-refractivity contribution in [1.82, 2.24) is 0 Å². The zero-order valence-electron chi connectivity index (χ0n) is 9.84. The molecular weight excluding hydrogens is 188 g/mol. The van der Waals surface area contributed by atoms with Crippen molar-refractivity contribution < 1.29 is 9.90 Å². The Hall–Kier alpha value is -0.630. The molecule has 2 heteroatoms. The summed E-state index contributed by atoms with van der Waals surface area (Å²) in [5.41, 5.74) is 0.648. The minimum absolute atomic E-state index is 0.233. The molecule has 0 aliphatic heterocycles. The first-order valence-electron chi connectivity index (χ1n) is 5.81. The Balaban J connectivity index is 2.47. The number of ketones is 1. The lowest BCUT2D eigenvalue weighted by atomic mass is 9.55. The van der Waals surface area contributed by atoms with E-state index in [1.165, 1.54) is 5.57 Å². The van der Waals surface area contributed by atoms with Crippen LogP contribution in [0.5, 0.6) is 0 Å². The van der Waals surface area contributed by atoms with E-state index in [-0.39, 0.29) is 16.9 Å². The Labute approximate surface area is 91.4 Å². The molecule has 0 heterocycles. The molecule has 2 aliphatic carbocycles. The molecule has 0 aromatic heterocycles. The Kier molecular flexibility index (Phi) is 2.30. The molecule has 0 spiro atoms. The molecule has 2 rings (SSSR count). The Morgan fingerprint density at radius 1 is 1.40 bits per heavy atom. The highest BCUT2D eigenvalue weighted by Crippen LogP contribution is 2.53. The Morgan fingerprint density at radius 2 is 2.07 bits per heavy atom.